The van der Waals surface area contributed by atoms with E-state index in [0.29, 0.717) is 23.1 Å². The van der Waals surface area contributed by atoms with Crippen LogP contribution in [0.5, 0.6) is 0 Å². The van der Waals surface area contributed by atoms with E-state index in [1.54, 1.807) is 30.2 Å². The van der Waals surface area contributed by atoms with Crippen LogP contribution in [0.4, 0.5) is 5.82 Å². The molecule has 2 aromatic rings. The number of carbonyl (C=O) groups excluding carboxylic acids is 1. The molecule has 0 aliphatic carbocycles. The lowest BCUT2D eigenvalue weighted by molar-refractivity contribution is 0.0941. The van der Waals surface area contributed by atoms with Crippen molar-refractivity contribution < 1.29 is 4.79 Å². The average Bonchev–Trinajstić information content (AvgIpc) is 2.93. The molecule has 2 aromatic heterocycles. The van der Waals surface area contributed by atoms with Crippen molar-refractivity contribution in [2.24, 2.45) is 7.05 Å². The number of hydrogen-bond donors (Lipinski definition) is 2. The molecule has 2 heterocycles. The van der Waals surface area contributed by atoms with Gasteiger partial charge in [-0.3, -0.25) is 9.48 Å². The van der Waals surface area contributed by atoms with Crippen molar-refractivity contribution in [3.05, 3.63) is 34.7 Å². The van der Waals surface area contributed by atoms with Gasteiger partial charge in [-0.05, 0) is 12.5 Å². The highest BCUT2D eigenvalue weighted by molar-refractivity contribution is 6.31. The van der Waals surface area contributed by atoms with Crippen LogP contribution in [0.1, 0.15) is 29.4 Å². The maximum absolute atomic E-state index is 12.2. The van der Waals surface area contributed by atoms with E-state index in [2.05, 4.69) is 10.4 Å². The molecule has 0 unspecified atom stereocenters. The Balaban J connectivity index is 2.07. The first-order valence-corrected chi connectivity index (χ1v) is 6.81. The van der Waals surface area contributed by atoms with E-state index in [4.69, 9.17) is 17.3 Å². The van der Waals surface area contributed by atoms with Crippen molar-refractivity contribution in [1.82, 2.24) is 19.7 Å². The summed E-state index contributed by atoms with van der Waals surface area (Å²) in [6.45, 7) is 3.14. The number of aromatic nitrogens is 3. The highest BCUT2D eigenvalue weighted by Crippen LogP contribution is 2.15. The van der Waals surface area contributed by atoms with Gasteiger partial charge in [-0.2, -0.15) is 5.10 Å². The Morgan fingerprint density at radius 3 is 2.90 bits per heavy atom. The fraction of sp³-hybridized carbons (Fsp3) is 0.385. The van der Waals surface area contributed by atoms with E-state index in [-0.39, 0.29) is 5.91 Å². The van der Waals surface area contributed by atoms with Crippen LogP contribution in [0, 0.1) is 0 Å². The van der Waals surface area contributed by atoms with Crippen LogP contribution in [0.2, 0.25) is 5.02 Å². The third-order valence-corrected chi connectivity index (χ3v) is 3.27. The van der Waals surface area contributed by atoms with Gasteiger partial charge in [0.25, 0.3) is 5.91 Å². The first-order valence-electron chi connectivity index (χ1n) is 6.43. The van der Waals surface area contributed by atoms with Crippen LogP contribution in [-0.4, -0.2) is 20.3 Å². The summed E-state index contributed by atoms with van der Waals surface area (Å²) in [5.74, 6) is 0.376. The van der Waals surface area contributed by atoms with Gasteiger partial charge in [0.1, 0.15) is 11.5 Å². The number of amides is 1. The van der Waals surface area contributed by atoms with Crippen molar-refractivity contribution in [1.29, 1.82) is 0 Å². The molecule has 0 radical (unpaired) electrons. The lowest BCUT2D eigenvalue weighted by Crippen LogP contribution is -2.25. The molecular weight excluding hydrogens is 278 g/mol. The van der Waals surface area contributed by atoms with E-state index in [9.17, 15) is 4.79 Å². The molecule has 1 amide bonds. The number of halogens is 1. The molecule has 2 rings (SSSR count). The largest absolute Gasteiger partial charge is 0.384 e. The Kier molecular flexibility index (Phi) is 4.34. The lowest BCUT2D eigenvalue weighted by Gasteiger charge is -2.08. The lowest BCUT2D eigenvalue weighted by atomic mass is 10.3. The van der Waals surface area contributed by atoms with Crippen molar-refractivity contribution in [3.63, 3.8) is 0 Å². The normalized spacial score (nSPS) is 10.8. The number of nitrogens with one attached hydrogen (secondary N) is 1. The molecule has 0 saturated carbocycles. The topological polar surface area (TPSA) is 77.9 Å². The quantitative estimate of drug-likeness (QED) is 0.883. The molecule has 0 saturated heterocycles. The summed E-state index contributed by atoms with van der Waals surface area (Å²) < 4.78 is 3.42. The van der Waals surface area contributed by atoms with E-state index in [1.165, 1.54) is 0 Å². The summed E-state index contributed by atoms with van der Waals surface area (Å²) in [5.41, 5.74) is 7.18. The minimum Gasteiger partial charge on any atom is -0.384 e. The summed E-state index contributed by atoms with van der Waals surface area (Å²) in [6, 6.07) is 1.67. The molecule has 3 N–H and O–H groups in total. The monoisotopic (exact) mass is 295 g/mol. The van der Waals surface area contributed by atoms with Gasteiger partial charge in [-0.25, -0.2) is 0 Å². The number of nitrogens with zero attached hydrogens (tertiary/aromatic N) is 3. The Morgan fingerprint density at radius 2 is 2.30 bits per heavy atom. The SMILES string of the molecule is CCCn1cc(Cl)cc1C(=O)NCc1cnn(C)c1N. The van der Waals surface area contributed by atoms with E-state index < -0.39 is 0 Å². The number of aryl methyl sites for hydroxylation is 2. The van der Waals surface area contributed by atoms with Crippen molar-refractivity contribution in [2.45, 2.75) is 26.4 Å². The molecule has 108 valence electrons. The Labute approximate surface area is 122 Å². The number of carbonyl (C=O) groups is 1. The number of nitrogens with two attached hydrogens (primary N) is 1. The fourth-order valence-electron chi connectivity index (χ4n) is 1.99. The zero-order chi connectivity index (χ0) is 14.7. The van der Waals surface area contributed by atoms with Gasteiger partial charge in [0, 0.05) is 31.9 Å². The molecule has 0 aromatic carbocycles. The van der Waals surface area contributed by atoms with Crippen molar-refractivity contribution in [3.8, 4) is 0 Å². The van der Waals surface area contributed by atoms with E-state index >= 15 is 0 Å². The summed E-state index contributed by atoms with van der Waals surface area (Å²) in [5, 5.41) is 7.42. The first-order chi connectivity index (χ1) is 9.52. The second kappa shape index (κ2) is 6.00. The number of rotatable bonds is 5. The molecular formula is C13H18ClN5O. The average molecular weight is 296 g/mol. The Hall–Kier alpha value is -1.95. The second-order valence-corrected chi connectivity index (χ2v) is 5.03. The van der Waals surface area contributed by atoms with Gasteiger partial charge in [-0.1, -0.05) is 18.5 Å². The predicted octanol–water partition coefficient (Wildman–Crippen LogP) is 1.80. The van der Waals surface area contributed by atoms with Gasteiger partial charge < -0.3 is 15.6 Å². The predicted molar refractivity (Wildman–Crippen MR) is 78.5 cm³/mol. The second-order valence-electron chi connectivity index (χ2n) is 4.60. The molecule has 7 heteroatoms. The van der Waals surface area contributed by atoms with Gasteiger partial charge in [0.2, 0.25) is 0 Å². The third-order valence-electron chi connectivity index (χ3n) is 3.06. The minimum absolute atomic E-state index is 0.173. The molecule has 0 aliphatic heterocycles. The molecule has 0 atom stereocenters. The molecule has 0 aliphatic rings. The Morgan fingerprint density at radius 1 is 1.55 bits per heavy atom. The van der Waals surface area contributed by atoms with Gasteiger partial charge in [0.05, 0.1) is 11.2 Å². The van der Waals surface area contributed by atoms with Crippen molar-refractivity contribution in [2.75, 3.05) is 5.73 Å². The van der Waals surface area contributed by atoms with Crippen LogP contribution in [-0.2, 0) is 20.1 Å². The van der Waals surface area contributed by atoms with Gasteiger partial charge in [0.15, 0.2) is 0 Å². The van der Waals surface area contributed by atoms with Gasteiger partial charge >= 0.3 is 0 Å². The third kappa shape index (κ3) is 2.96. The standard InChI is InChI=1S/C13H18ClN5O/c1-3-4-19-8-10(14)5-11(19)13(20)16-6-9-7-17-18(2)12(9)15/h5,7-8H,3-4,6,15H2,1-2H3,(H,16,20). The first kappa shape index (κ1) is 14.5. The van der Waals surface area contributed by atoms with Crippen LogP contribution in [0.15, 0.2) is 18.5 Å². The number of nitrogen functional groups attached to an aromatic ring is 1. The van der Waals surface area contributed by atoms with Crippen LogP contribution >= 0.6 is 11.6 Å². The zero-order valence-electron chi connectivity index (χ0n) is 11.6. The van der Waals surface area contributed by atoms with Gasteiger partial charge in [-0.15, -0.1) is 0 Å². The highest BCUT2D eigenvalue weighted by atomic mass is 35.5. The summed E-state index contributed by atoms with van der Waals surface area (Å²) in [7, 11) is 1.76. The molecule has 0 fully saturated rings. The molecule has 6 nitrogen and oxygen atoms in total. The Bertz CT molecular complexity index is 616. The van der Waals surface area contributed by atoms with Crippen LogP contribution in [0.3, 0.4) is 0 Å². The number of anilines is 1. The summed E-state index contributed by atoms with van der Waals surface area (Å²) in [4.78, 5) is 12.2. The maximum atomic E-state index is 12.2. The highest BCUT2D eigenvalue weighted by Gasteiger charge is 2.13. The smallest absolute Gasteiger partial charge is 0.268 e. The summed E-state index contributed by atoms with van der Waals surface area (Å²) >= 11 is 5.96. The maximum Gasteiger partial charge on any atom is 0.268 e. The molecule has 0 bridgehead atoms. The van der Waals surface area contributed by atoms with Crippen LogP contribution < -0.4 is 11.1 Å². The van der Waals surface area contributed by atoms with Crippen molar-refractivity contribution >= 4 is 23.3 Å². The van der Waals surface area contributed by atoms with E-state index in [0.717, 1.165) is 18.5 Å². The number of hydrogen-bond acceptors (Lipinski definition) is 3. The van der Waals surface area contributed by atoms with Crippen LogP contribution in [0.25, 0.3) is 0 Å². The van der Waals surface area contributed by atoms with E-state index in [1.807, 2.05) is 11.5 Å². The molecule has 20 heavy (non-hydrogen) atoms. The zero-order valence-corrected chi connectivity index (χ0v) is 12.3. The minimum atomic E-state index is -0.173. The fourth-order valence-corrected chi connectivity index (χ4v) is 2.21. The summed E-state index contributed by atoms with van der Waals surface area (Å²) in [6.07, 6.45) is 4.34. The molecule has 0 spiro atoms.